The summed E-state index contributed by atoms with van der Waals surface area (Å²) in [6.45, 7) is 2.47. The highest BCUT2D eigenvalue weighted by molar-refractivity contribution is 5.96. The van der Waals surface area contributed by atoms with E-state index in [2.05, 4.69) is 20.5 Å². The number of aromatic nitrogens is 3. The molecule has 2 heterocycles. The number of likely N-dealkylation sites (tertiary alicyclic amines) is 1. The number of nitrogens with one attached hydrogen (secondary N) is 2. The summed E-state index contributed by atoms with van der Waals surface area (Å²) in [5.41, 5.74) is 0.753. The smallest absolute Gasteiger partial charge is 0.249 e. The Morgan fingerprint density at radius 3 is 3.00 bits per heavy atom. The van der Waals surface area contributed by atoms with Gasteiger partial charge in [-0.05, 0) is 30.5 Å². The molecule has 3 rings (SSSR count). The number of benzene rings is 1. The van der Waals surface area contributed by atoms with Gasteiger partial charge in [-0.15, -0.1) is 5.10 Å². The highest BCUT2D eigenvalue weighted by Gasteiger charge is 2.31. The summed E-state index contributed by atoms with van der Waals surface area (Å²) >= 11 is 0. The Balaban J connectivity index is 1.64. The van der Waals surface area contributed by atoms with Gasteiger partial charge in [0, 0.05) is 19.4 Å². The molecule has 0 saturated carbocycles. The average Bonchev–Trinajstić information content (AvgIpc) is 3.18. The van der Waals surface area contributed by atoms with Gasteiger partial charge in [0.25, 0.3) is 0 Å². The molecule has 1 saturated heterocycles. The van der Waals surface area contributed by atoms with Crippen LogP contribution in [0.25, 0.3) is 0 Å². The van der Waals surface area contributed by atoms with Gasteiger partial charge in [-0.1, -0.05) is 19.1 Å². The first kappa shape index (κ1) is 17.1. The highest BCUT2D eigenvalue weighted by Crippen LogP contribution is 2.17. The van der Waals surface area contributed by atoms with Gasteiger partial charge in [0.1, 0.15) is 17.7 Å². The third-order valence-corrected chi connectivity index (χ3v) is 4.20. The van der Waals surface area contributed by atoms with Gasteiger partial charge in [-0.2, -0.15) is 4.98 Å². The third kappa shape index (κ3) is 4.01. The first-order valence-electron chi connectivity index (χ1n) is 8.33. The summed E-state index contributed by atoms with van der Waals surface area (Å²) in [6.07, 6.45) is 2.17. The molecule has 0 spiro atoms. The second-order valence-electron chi connectivity index (χ2n) is 6.02. The number of aromatic amines is 1. The van der Waals surface area contributed by atoms with Crippen molar-refractivity contribution in [2.45, 2.75) is 38.6 Å². The average molecular weight is 345 g/mol. The van der Waals surface area contributed by atoms with Crippen molar-refractivity contribution in [3.63, 3.8) is 0 Å². The van der Waals surface area contributed by atoms with Gasteiger partial charge >= 0.3 is 0 Å². The zero-order chi connectivity index (χ0) is 17.8. The number of H-pyrrole nitrogens is 1. The molecule has 0 aliphatic carbocycles. The maximum absolute atomic E-state index is 13.2. The molecule has 132 valence electrons. The Hall–Kier alpha value is -2.77. The summed E-state index contributed by atoms with van der Waals surface area (Å²) in [4.78, 5) is 30.1. The summed E-state index contributed by atoms with van der Waals surface area (Å²) in [7, 11) is 0. The number of hydrogen-bond donors (Lipinski definition) is 2. The van der Waals surface area contributed by atoms with Crippen molar-refractivity contribution >= 4 is 17.8 Å². The van der Waals surface area contributed by atoms with Crippen LogP contribution in [0, 0.1) is 5.82 Å². The lowest BCUT2D eigenvalue weighted by Crippen LogP contribution is -2.44. The topological polar surface area (TPSA) is 91.0 Å². The van der Waals surface area contributed by atoms with Crippen molar-refractivity contribution in [1.29, 1.82) is 0 Å². The molecule has 1 fully saturated rings. The Morgan fingerprint density at radius 1 is 1.48 bits per heavy atom. The molecule has 0 radical (unpaired) electrons. The molecular formula is C17H20FN5O2. The van der Waals surface area contributed by atoms with Crippen molar-refractivity contribution in [2.24, 2.45) is 0 Å². The number of hydrogen-bond acceptors (Lipinski definition) is 4. The fourth-order valence-corrected chi connectivity index (χ4v) is 3.01. The van der Waals surface area contributed by atoms with Crippen LogP contribution < -0.4 is 5.32 Å². The first-order chi connectivity index (χ1) is 12.1. The molecule has 2 N–H and O–H groups in total. The predicted octanol–water partition coefficient (Wildman–Crippen LogP) is 1.87. The normalized spacial score (nSPS) is 15.4. The van der Waals surface area contributed by atoms with Crippen LogP contribution in [0.3, 0.4) is 0 Å². The summed E-state index contributed by atoms with van der Waals surface area (Å²) in [5, 5.41) is 9.35. The van der Waals surface area contributed by atoms with Crippen LogP contribution in [-0.2, 0) is 16.0 Å². The first-order valence-corrected chi connectivity index (χ1v) is 8.33. The van der Waals surface area contributed by atoms with Crippen molar-refractivity contribution in [3.8, 4) is 0 Å². The molecule has 1 aromatic carbocycles. The molecule has 1 atom stereocenters. The Kier molecular flexibility index (Phi) is 5.06. The molecule has 1 aliphatic heterocycles. The van der Waals surface area contributed by atoms with Crippen molar-refractivity contribution in [2.75, 3.05) is 11.9 Å². The van der Waals surface area contributed by atoms with Gasteiger partial charge in [0.05, 0.1) is 0 Å². The zero-order valence-electron chi connectivity index (χ0n) is 14.0. The maximum Gasteiger partial charge on any atom is 0.249 e. The highest BCUT2D eigenvalue weighted by atomic mass is 19.1. The van der Waals surface area contributed by atoms with E-state index in [1.54, 1.807) is 17.0 Å². The monoisotopic (exact) mass is 345 g/mol. The van der Waals surface area contributed by atoms with Gasteiger partial charge in [0.2, 0.25) is 17.8 Å². The Morgan fingerprint density at radius 2 is 2.32 bits per heavy atom. The molecule has 0 unspecified atom stereocenters. The lowest BCUT2D eigenvalue weighted by atomic mass is 10.1. The molecule has 25 heavy (non-hydrogen) atoms. The van der Waals surface area contributed by atoms with Gasteiger partial charge in [-0.25, -0.2) is 4.39 Å². The van der Waals surface area contributed by atoms with E-state index in [4.69, 9.17) is 0 Å². The fourth-order valence-electron chi connectivity index (χ4n) is 3.01. The standard InChI is InChI=1S/C17H20FN5O2/c1-2-13(23-8-4-7-15(23)24)16(25)20-17-19-14(21-22-17)10-11-5-3-6-12(18)9-11/h3,5-6,9,13H,2,4,7-8,10H2,1H3,(H2,19,20,21,22,25)/t13-/m0/s1. The van der Waals surface area contributed by atoms with Crippen LogP contribution in [-0.4, -0.2) is 44.5 Å². The quantitative estimate of drug-likeness (QED) is 0.836. The van der Waals surface area contributed by atoms with E-state index in [0.29, 0.717) is 31.6 Å². The Bertz CT molecular complexity index is 776. The van der Waals surface area contributed by atoms with Crippen molar-refractivity contribution < 1.29 is 14.0 Å². The maximum atomic E-state index is 13.2. The molecule has 2 amide bonds. The molecule has 0 bridgehead atoms. The molecule has 7 nitrogen and oxygen atoms in total. The zero-order valence-corrected chi connectivity index (χ0v) is 14.0. The third-order valence-electron chi connectivity index (χ3n) is 4.20. The number of anilines is 1. The van der Waals surface area contributed by atoms with Crippen LogP contribution >= 0.6 is 0 Å². The number of nitrogens with zero attached hydrogens (tertiary/aromatic N) is 3. The molecule has 2 aromatic rings. The van der Waals surface area contributed by atoms with E-state index in [9.17, 15) is 14.0 Å². The van der Waals surface area contributed by atoms with E-state index in [1.165, 1.54) is 12.1 Å². The van der Waals surface area contributed by atoms with Crippen LogP contribution in [0.15, 0.2) is 24.3 Å². The lowest BCUT2D eigenvalue weighted by molar-refractivity contribution is -0.135. The number of rotatable bonds is 6. The Labute approximate surface area is 144 Å². The largest absolute Gasteiger partial charge is 0.331 e. The van der Waals surface area contributed by atoms with E-state index in [-0.39, 0.29) is 23.6 Å². The summed E-state index contributed by atoms with van der Waals surface area (Å²) in [6, 6.07) is 5.70. The van der Waals surface area contributed by atoms with Crippen LogP contribution in [0.4, 0.5) is 10.3 Å². The van der Waals surface area contributed by atoms with E-state index in [0.717, 1.165) is 12.0 Å². The van der Waals surface area contributed by atoms with Gasteiger partial charge in [-0.3, -0.25) is 20.0 Å². The van der Waals surface area contributed by atoms with E-state index >= 15 is 0 Å². The van der Waals surface area contributed by atoms with Crippen molar-refractivity contribution in [3.05, 3.63) is 41.5 Å². The van der Waals surface area contributed by atoms with Crippen LogP contribution in [0.1, 0.15) is 37.6 Å². The summed E-state index contributed by atoms with van der Waals surface area (Å²) in [5.74, 6) is 0.0668. The SMILES string of the molecule is CC[C@@H](C(=O)Nc1n[nH]c(Cc2cccc(F)c2)n1)N1CCCC1=O. The summed E-state index contributed by atoms with van der Waals surface area (Å²) < 4.78 is 13.2. The molecule has 8 heteroatoms. The molecule has 1 aromatic heterocycles. The minimum absolute atomic E-state index is 0.00350. The number of amides is 2. The van der Waals surface area contributed by atoms with Crippen molar-refractivity contribution in [1.82, 2.24) is 20.1 Å². The lowest BCUT2D eigenvalue weighted by Gasteiger charge is -2.25. The van der Waals surface area contributed by atoms with Gasteiger partial charge < -0.3 is 4.90 Å². The minimum atomic E-state index is -0.514. The van der Waals surface area contributed by atoms with Gasteiger partial charge in [0.15, 0.2) is 0 Å². The van der Waals surface area contributed by atoms with E-state index in [1.807, 2.05) is 6.92 Å². The fraction of sp³-hybridized carbons (Fsp3) is 0.412. The minimum Gasteiger partial charge on any atom is -0.331 e. The predicted molar refractivity (Wildman–Crippen MR) is 89.2 cm³/mol. The number of carbonyl (C=O) groups excluding carboxylic acids is 2. The number of carbonyl (C=O) groups is 2. The van der Waals surface area contributed by atoms with Crippen LogP contribution in [0.2, 0.25) is 0 Å². The second kappa shape index (κ2) is 7.42. The molecule has 1 aliphatic rings. The number of halogens is 1. The van der Waals surface area contributed by atoms with E-state index < -0.39 is 6.04 Å². The second-order valence-corrected chi connectivity index (χ2v) is 6.02. The van der Waals surface area contributed by atoms with Crippen LogP contribution in [0.5, 0.6) is 0 Å². The molecular weight excluding hydrogens is 325 g/mol.